The molecule has 1 aromatic rings. The average molecular weight is 433 g/mol. The van der Waals surface area contributed by atoms with Gasteiger partial charge < -0.3 is 11.1 Å². The summed E-state index contributed by atoms with van der Waals surface area (Å²) in [7, 11) is 0. The minimum absolute atomic E-state index is 0.0542. The highest BCUT2D eigenvalue weighted by molar-refractivity contribution is 7.98. The van der Waals surface area contributed by atoms with Crippen molar-refractivity contribution in [2.45, 2.75) is 49.2 Å². The number of carbonyl (C=O) groups is 1. The molecule has 0 fully saturated rings. The Kier molecular flexibility index (Phi) is 6.74. The smallest absolute Gasteiger partial charge is 0.359 e. The number of Topliss-reactive ketones (excluding diaryl/α,β-unsaturated/α-hetero) is 1. The molecular weight excluding hydrogens is 411 g/mol. The van der Waals surface area contributed by atoms with E-state index in [1.807, 2.05) is 6.26 Å². The summed E-state index contributed by atoms with van der Waals surface area (Å²) in [5.74, 6) is -0.107. The van der Waals surface area contributed by atoms with Crippen LogP contribution in [0.4, 0.5) is 13.2 Å². The van der Waals surface area contributed by atoms with Crippen LogP contribution in [0.1, 0.15) is 49.3 Å². The molecule has 3 rings (SSSR count). The lowest BCUT2D eigenvalue weighted by molar-refractivity contribution is -0.116. The fourth-order valence-electron chi connectivity index (χ4n) is 3.73. The highest BCUT2D eigenvalue weighted by Crippen LogP contribution is 2.36. The van der Waals surface area contributed by atoms with Crippen LogP contribution in [-0.2, 0) is 4.79 Å². The van der Waals surface area contributed by atoms with Crippen molar-refractivity contribution in [3.63, 3.8) is 0 Å². The van der Waals surface area contributed by atoms with E-state index in [0.717, 1.165) is 16.5 Å². The zero-order valence-electron chi connectivity index (χ0n) is 16.5. The van der Waals surface area contributed by atoms with E-state index in [2.05, 4.69) is 11.4 Å². The van der Waals surface area contributed by atoms with Crippen molar-refractivity contribution < 1.29 is 18.0 Å². The normalized spacial score (nSPS) is 18.5. The van der Waals surface area contributed by atoms with Crippen LogP contribution < -0.4 is 11.1 Å². The molecule has 158 valence electrons. The van der Waals surface area contributed by atoms with Crippen LogP contribution in [-0.4, -0.2) is 18.2 Å². The first-order chi connectivity index (χ1) is 14.2. The van der Waals surface area contributed by atoms with Crippen molar-refractivity contribution in [3.05, 3.63) is 64.0 Å². The molecule has 0 aromatic heterocycles. The van der Waals surface area contributed by atoms with Crippen LogP contribution in [0.5, 0.6) is 0 Å². The molecular formula is C22H22F3N3OS. The number of nitriles is 1. The van der Waals surface area contributed by atoms with Gasteiger partial charge in [-0.15, -0.1) is 11.8 Å². The summed E-state index contributed by atoms with van der Waals surface area (Å²) >= 11 is 1.43. The maximum absolute atomic E-state index is 13.1. The van der Waals surface area contributed by atoms with Crippen molar-refractivity contribution in [3.8, 4) is 6.07 Å². The second kappa shape index (κ2) is 9.11. The van der Waals surface area contributed by atoms with Crippen LogP contribution in [0, 0.1) is 11.3 Å². The number of halogens is 3. The summed E-state index contributed by atoms with van der Waals surface area (Å²) in [4.78, 5) is 13.5. The first kappa shape index (κ1) is 22.2. The molecule has 1 atom stereocenters. The predicted molar refractivity (Wildman–Crippen MR) is 110 cm³/mol. The molecule has 2 aliphatic carbocycles. The molecule has 2 aliphatic rings. The molecule has 0 bridgehead atoms. The fraction of sp³-hybridized carbons (Fsp3) is 0.364. The van der Waals surface area contributed by atoms with Crippen LogP contribution in [0.3, 0.4) is 0 Å². The molecule has 0 amide bonds. The van der Waals surface area contributed by atoms with Crippen molar-refractivity contribution in [1.29, 1.82) is 5.26 Å². The van der Waals surface area contributed by atoms with Gasteiger partial charge in [0.1, 0.15) is 0 Å². The van der Waals surface area contributed by atoms with Crippen molar-refractivity contribution in [2.24, 2.45) is 5.73 Å². The van der Waals surface area contributed by atoms with Crippen molar-refractivity contribution >= 4 is 17.5 Å². The number of hydrogen-bond donors (Lipinski definition) is 2. The molecule has 3 N–H and O–H groups in total. The molecule has 0 heterocycles. The highest BCUT2D eigenvalue weighted by Gasteiger charge is 2.34. The molecule has 0 saturated heterocycles. The van der Waals surface area contributed by atoms with E-state index in [9.17, 15) is 18.0 Å². The Bertz CT molecular complexity index is 986. The predicted octanol–water partition coefficient (Wildman–Crippen LogP) is 5.04. The van der Waals surface area contributed by atoms with Gasteiger partial charge in [-0.3, -0.25) is 4.79 Å². The van der Waals surface area contributed by atoms with Gasteiger partial charge in [0.05, 0.1) is 17.7 Å². The monoisotopic (exact) mass is 433 g/mol. The molecule has 8 heteroatoms. The van der Waals surface area contributed by atoms with Crippen LogP contribution in [0.2, 0.25) is 0 Å². The maximum Gasteiger partial charge on any atom is 0.412 e. The third kappa shape index (κ3) is 4.79. The summed E-state index contributed by atoms with van der Waals surface area (Å²) in [5, 5.41) is 12.2. The lowest BCUT2D eigenvalue weighted by Crippen LogP contribution is -2.29. The number of nitrogens with zero attached hydrogens (tertiary/aromatic N) is 1. The standard InChI is InChI=1S/C22H22F3N3OS/c1-30-19-10-13(12-26)8-9-16(19)21(27)20-17(6-3-7-18(20)29)28-15-5-2-4-14(11-15)22(23,24)25/h5,8-11,21,28H,2-4,6-7,27H2,1H3. The Morgan fingerprint density at radius 2 is 2.03 bits per heavy atom. The summed E-state index contributed by atoms with van der Waals surface area (Å²) in [5.41, 5.74) is 8.43. The fourth-order valence-corrected chi connectivity index (χ4v) is 4.41. The van der Waals surface area contributed by atoms with E-state index in [1.165, 1.54) is 11.8 Å². The van der Waals surface area contributed by atoms with Gasteiger partial charge in [0, 0.05) is 33.9 Å². The molecule has 30 heavy (non-hydrogen) atoms. The van der Waals surface area contributed by atoms with Gasteiger partial charge in [-0.05, 0) is 55.7 Å². The minimum Gasteiger partial charge on any atom is -0.359 e. The number of hydrogen-bond acceptors (Lipinski definition) is 5. The van der Waals surface area contributed by atoms with Gasteiger partial charge in [-0.25, -0.2) is 0 Å². The highest BCUT2D eigenvalue weighted by atomic mass is 32.2. The van der Waals surface area contributed by atoms with Gasteiger partial charge in [0.15, 0.2) is 5.78 Å². The van der Waals surface area contributed by atoms with E-state index >= 15 is 0 Å². The minimum atomic E-state index is -4.37. The molecule has 0 saturated carbocycles. The largest absolute Gasteiger partial charge is 0.412 e. The number of allylic oxidation sites excluding steroid dienone is 4. The molecule has 4 nitrogen and oxygen atoms in total. The SMILES string of the molecule is CSc1cc(C#N)ccc1C(N)C1=C(NC2=CCCC(C(F)(F)F)=C2)CCCC1=O. The molecule has 0 aliphatic heterocycles. The van der Waals surface area contributed by atoms with Gasteiger partial charge in [-0.1, -0.05) is 12.1 Å². The maximum atomic E-state index is 13.1. The van der Waals surface area contributed by atoms with Gasteiger partial charge in [0.2, 0.25) is 0 Å². The van der Waals surface area contributed by atoms with Crippen LogP contribution >= 0.6 is 11.8 Å². The van der Waals surface area contributed by atoms with Gasteiger partial charge >= 0.3 is 6.18 Å². The van der Waals surface area contributed by atoms with E-state index < -0.39 is 17.8 Å². The number of carbonyl (C=O) groups excluding carboxylic acids is 1. The second-order valence-electron chi connectivity index (χ2n) is 7.21. The quantitative estimate of drug-likeness (QED) is 0.636. The van der Waals surface area contributed by atoms with E-state index in [1.54, 1.807) is 24.3 Å². The topological polar surface area (TPSA) is 78.9 Å². The third-order valence-corrected chi connectivity index (χ3v) is 6.03. The Labute approximate surface area is 177 Å². The number of nitrogens with one attached hydrogen (secondary N) is 1. The summed E-state index contributed by atoms with van der Waals surface area (Å²) in [6.45, 7) is 0. The van der Waals surface area contributed by atoms with Crippen molar-refractivity contribution in [2.75, 3.05) is 6.26 Å². The van der Waals surface area contributed by atoms with Crippen molar-refractivity contribution in [1.82, 2.24) is 5.32 Å². The zero-order valence-corrected chi connectivity index (χ0v) is 17.3. The molecule has 0 spiro atoms. The number of benzene rings is 1. The Hall–Kier alpha value is -2.50. The van der Waals surface area contributed by atoms with E-state index in [-0.39, 0.29) is 18.6 Å². The number of ketones is 1. The van der Waals surface area contributed by atoms with E-state index in [0.29, 0.717) is 41.8 Å². The van der Waals surface area contributed by atoms with Crippen LogP contribution in [0.15, 0.2) is 57.8 Å². The van der Waals surface area contributed by atoms with Gasteiger partial charge in [0.25, 0.3) is 0 Å². The number of rotatable bonds is 5. The number of nitrogens with two attached hydrogens (primary N) is 1. The first-order valence-corrected chi connectivity index (χ1v) is 10.8. The lowest BCUT2D eigenvalue weighted by Gasteiger charge is -2.27. The van der Waals surface area contributed by atoms with Crippen LogP contribution in [0.25, 0.3) is 0 Å². The third-order valence-electron chi connectivity index (χ3n) is 5.23. The number of thioether (sulfide) groups is 1. The number of alkyl halides is 3. The zero-order chi connectivity index (χ0) is 21.9. The Balaban J connectivity index is 1.98. The molecule has 1 aromatic carbocycles. The van der Waals surface area contributed by atoms with Gasteiger partial charge in [-0.2, -0.15) is 18.4 Å². The molecule has 1 unspecified atom stereocenters. The Morgan fingerprint density at radius 3 is 2.70 bits per heavy atom. The first-order valence-electron chi connectivity index (χ1n) is 9.59. The summed E-state index contributed by atoms with van der Waals surface area (Å²) in [6.07, 6.45) is 2.03. The lowest BCUT2D eigenvalue weighted by atomic mass is 9.86. The molecule has 0 radical (unpaired) electrons. The summed E-state index contributed by atoms with van der Waals surface area (Å²) in [6, 6.07) is 6.47. The Morgan fingerprint density at radius 1 is 1.27 bits per heavy atom. The van der Waals surface area contributed by atoms with E-state index in [4.69, 9.17) is 11.0 Å². The summed E-state index contributed by atoms with van der Waals surface area (Å²) < 4.78 is 39.3. The average Bonchev–Trinajstić information content (AvgIpc) is 2.72. The second-order valence-corrected chi connectivity index (χ2v) is 8.05.